The fourth-order valence-electron chi connectivity index (χ4n) is 1.24. The van der Waals surface area contributed by atoms with Gasteiger partial charge in [0.2, 0.25) is 5.91 Å². The molecule has 5 heteroatoms. The van der Waals surface area contributed by atoms with Gasteiger partial charge in [-0.15, -0.1) is 11.8 Å². The van der Waals surface area contributed by atoms with Crippen molar-refractivity contribution in [1.82, 2.24) is 5.32 Å². The molecule has 4 nitrogen and oxygen atoms in total. The van der Waals surface area contributed by atoms with E-state index in [1.54, 1.807) is 11.8 Å². The van der Waals surface area contributed by atoms with Crippen molar-refractivity contribution in [2.75, 3.05) is 6.26 Å². The first-order valence-electron chi connectivity index (χ1n) is 5.52. The Labute approximate surface area is 111 Å². The first-order valence-corrected chi connectivity index (χ1v) is 6.75. The van der Waals surface area contributed by atoms with Crippen molar-refractivity contribution in [3.63, 3.8) is 0 Å². The maximum Gasteiger partial charge on any atom is 0.318 e. The number of carboxylic acid groups (broad SMARTS) is 1. The lowest BCUT2D eigenvalue weighted by Gasteiger charge is -2.18. The Bertz CT molecular complexity index is 440. The number of hydrogen-bond acceptors (Lipinski definition) is 3. The molecule has 1 rings (SSSR count). The van der Waals surface area contributed by atoms with E-state index >= 15 is 0 Å². The third-order valence-electron chi connectivity index (χ3n) is 2.71. The van der Waals surface area contributed by atoms with Gasteiger partial charge in [-0.25, -0.2) is 0 Å². The summed E-state index contributed by atoms with van der Waals surface area (Å²) in [6, 6.07) is 7.77. The Kier molecular flexibility index (Phi) is 4.78. The fraction of sp³-hybridized carbons (Fsp3) is 0.385. The second-order valence-electron chi connectivity index (χ2n) is 4.46. The monoisotopic (exact) mass is 267 g/mol. The van der Waals surface area contributed by atoms with E-state index in [-0.39, 0.29) is 0 Å². The number of hydrogen-bond donors (Lipinski definition) is 2. The van der Waals surface area contributed by atoms with Crippen molar-refractivity contribution in [2.45, 2.75) is 25.3 Å². The number of thioether (sulfide) groups is 1. The number of aliphatic carboxylic acids is 1. The number of carboxylic acids is 1. The highest BCUT2D eigenvalue weighted by molar-refractivity contribution is 7.98. The van der Waals surface area contributed by atoms with Crippen LogP contribution in [0.2, 0.25) is 0 Å². The largest absolute Gasteiger partial charge is 0.480 e. The smallest absolute Gasteiger partial charge is 0.318 e. The Morgan fingerprint density at radius 3 is 2.28 bits per heavy atom. The molecule has 0 saturated heterocycles. The topological polar surface area (TPSA) is 66.4 Å². The molecule has 0 unspecified atom stereocenters. The third-order valence-corrected chi connectivity index (χ3v) is 3.46. The standard InChI is InChI=1S/C13H17NO3S/c1-13(2,12(16)17)11(15)14-8-9-4-6-10(18-3)7-5-9/h4-7H,8H2,1-3H3,(H,14,15)(H,16,17). The molecule has 0 saturated carbocycles. The van der Waals surface area contributed by atoms with Gasteiger partial charge in [-0.1, -0.05) is 12.1 Å². The number of carbonyl (C=O) groups is 2. The van der Waals surface area contributed by atoms with Gasteiger partial charge in [0, 0.05) is 11.4 Å². The fourth-order valence-corrected chi connectivity index (χ4v) is 1.65. The molecule has 0 aliphatic carbocycles. The van der Waals surface area contributed by atoms with Crippen molar-refractivity contribution in [3.05, 3.63) is 29.8 Å². The van der Waals surface area contributed by atoms with E-state index in [1.165, 1.54) is 13.8 Å². The van der Waals surface area contributed by atoms with Gasteiger partial charge >= 0.3 is 5.97 Å². The summed E-state index contributed by atoms with van der Waals surface area (Å²) in [7, 11) is 0. The van der Waals surface area contributed by atoms with E-state index in [0.29, 0.717) is 6.54 Å². The Hall–Kier alpha value is -1.49. The van der Waals surface area contributed by atoms with Crippen LogP contribution in [0.15, 0.2) is 29.2 Å². The van der Waals surface area contributed by atoms with Gasteiger partial charge in [0.25, 0.3) is 0 Å². The molecule has 0 heterocycles. The first-order chi connectivity index (χ1) is 8.37. The minimum absolute atomic E-state index is 0.338. The summed E-state index contributed by atoms with van der Waals surface area (Å²) in [6.07, 6.45) is 1.99. The molecular weight excluding hydrogens is 250 g/mol. The second-order valence-corrected chi connectivity index (χ2v) is 5.34. The van der Waals surface area contributed by atoms with Crippen LogP contribution in [-0.4, -0.2) is 23.2 Å². The van der Waals surface area contributed by atoms with Crippen molar-refractivity contribution >= 4 is 23.6 Å². The van der Waals surface area contributed by atoms with Crippen molar-refractivity contribution in [3.8, 4) is 0 Å². The average molecular weight is 267 g/mol. The van der Waals surface area contributed by atoms with E-state index in [0.717, 1.165) is 10.5 Å². The summed E-state index contributed by atoms with van der Waals surface area (Å²) >= 11 is 1.65. The zero-order valence-electron chi connectivity index (χ0n) is 10.7. The van der Waals surface area contributed by atoms with Crippen LogP contribution in [-0.2, 0) is 16.1 Å². The van der Waals surface area contributed by atoms with Crippen LogP contribution in [0.25, 0.3) is 0 Å². The highest BCUT2D eigenvalue weighted by Gasteiger charge is 2.35. The number of amides is 1. The molecule has 0 fully saturated rings. The summed E-state index contributed by atoms with van der Waals surface area (Å²) in [5, 5.41) is 11.5. The zero-order valence-corrected chi connectivity index (χ0v) is 11.5. The van der Waals surface area contributed by atoms with E-state index in [1.807, 2.05) is 30.5 Å². The quantitative estimate of drug-likeness (QED) is 0.633. The molecule has 1 aromatic rings. The van der Waals surface area contributed by atoms with Gasteiger partial charge in [-0.3, -0.25) is 9.59 Å². The predicted molar refractivity (Wildman–Crippen MR) is 71.5 cm³/mol. The minimum Gasteiger partial charge on any atom is -0.480 e. The van der Waals surface area contributed by atoms with Gasteiger partial charge in [0.15, 0.2) is 0 Å². The molecule has 2 N–H and O–H groups in total. The van der Waals surface area contributed by atoms with Crippen LogP contribution in [0, 0.1) is 5.41 Å². The SMILES string of the molecule is CSc1ccc(CNC(=O)C(C)(C)C(=O)O)cc1. The van der Waals surface area contributed by atoms with Gasteiger partial charge in [0.1, 0.15) is 5.41 Å². The van der Waals surface area contributed by atoms with E-state index in [2.05, 4.69) is 5.32 Å². The van der Waals surface area contributed by atoms with E-state index in [4.69, 9.17) is 5.11 Å². The number of rotatable bonds is 5. The zero-order chi connectivity index (χ0) is 13.8. The molecule has 0 aliphatic heterocycles. The minimum atomic E-state index is -1.40. The van der Waals surface area contributed by atoms with Crippen molar-refractivity contribution in [2.24, 2.45) is 5.41 Å². The normalized spacial score (nSPS) is 11.1. The number of carbonyl (C=O) groups excluding carboxylic acids is 1. The molecule has 18 heavy (non-hydrogen) atoms. The predicted octanol–water partition coefficient (Wildman–Crippen LogP) is 2.14. The molecule has 0 bridgehead atoms. The molecule has 0 aliphatic rings. The molecule has 0 radical (unpaired) electrons. The summed E-state index contributed by atoms with van der Waals surface area (Å²) < 4.78 is 0. The van der Waals surface area contributed by atoms with Gasteiger partial charge in [-0.05, 0) is 37.8 Å². The summed E-state index contributed by atoms with van der Waals surface area (Å²) in [5.74, 6) is -1.61. The van der Waals surface area contributed by atoms with Crippen LogP contribution in [0.4, 0.5) is 0 Å². The van der Waals surface area contributed by atoms with Crippen LogP contribution >= 0.6 is 11.8 Å². The Morgan fingerprint density at radius 1 is 1.28 bits per heavy atom. The maximum absolute atomic E-state index is 11.7. The van der Waals surface area contributed by atoms with Gasteiger partial charge < -0.3 is 10.4 Å². The van der Waals surface area contributed by atoms with Gasteiger partial charge in [-0.2, -0.15) is 0 Å². The lowest BCUT2D eigenvalue weighted by molar-refractivity contribution is -0.153. The number of benzene rings is 1. The molecular formula is C13H17NO3S. The summed E-state index contributed by atoms with van der Waals surface area (Å²) in [4.78, 5) is 23.7. The lowest BCUT2D eigenvalue weighted by Crippen LogP contribution is -2.41. The van der Waals surface area contributed by atoms with Crippen LogP contribution in [0.5, 0.6) is 0 Å². The molecule has 98 valence electrons. The van der Waals surface area contributed by atoms with Gasteiger partial charge in [0.05, 0.1) is 0 Å². The van der Waals surface area contributed by atoms with Crippen molar-refractivity contribution < 1.29 is 14.7 Å². The average Bonchev–Trinajstić information content (AvgIpc) is 2.36. The number of nitrogens with one attached hydrogen (secondary N) is 1. The molecule has 1 aromatic carbocycles. The highest BCUT2D eigenvalue weighted by atomic mass is 32.2. The lowest BCUT2D eigenvalue weighted by atomic mass is 9.92. The van der Waals surface area contributed by atoms with Crippen LogP contribution in [0.1, 0.15) is 19.4 Å². The second kappa shape index (κ2) is 5.91. The van der Waals surface area contributed by atoms with Crippen LogP contribution < -0.4 is 5.32 Å². The summed E-state index contributed by atoms with van der Waals surface area (Å²) in [5.41, 5.74) is -0.457. The van der Waals surface area contributed by atoms with Crippen molar-refractivity contribution in [1.29, 1.82) is 0 Å². The van der Waals surface area contributed by atoms with Crippen LogP contribution in [0.3, 0.4) is 0 Å². The highest BCUT2D eigenvalue weighted by Crippen LogP contribution is 2.17. The third kappa shape index (κ3) is 3.50. The maximum atomic E-state index is 11.7. The molecule has 0 spiro atoms. The molecule has 1 amide bonds. The molecule has 0 atom stereocenters. The summed E-state index contributed by atoms with van der Waals surface area (Å²) in [6.45, 7) is 3.12. The molecule has 0 aromatic heterocycles. The first kappa shape index (κ1) is 14.6. The van der Waals surface area contributed by atoms with E-state index in [9.17, 15) is 9.59 Å². The Morgan fingerprint density at radius 2 is 1.83 bits per heavy atom. The Balaban J connectivity index is 2.60. The van der Waals surface area contributed by atoms with E-state index < -0.39 is 17.3 Å².